The summed E-state index contributed by atoms with van der Waals surface area (Å²) in [6, 6.07) is 19.1. The Hall–Kier alpha value is -2.07. The number of ether oxygens (including phenoxy) is 1. The Bertz CT molecular complexity index is 683. The van der Waals surface area contributed by atoms with E-state index in [4.69, 9.17) is 17.0 Å². The highest BCUT2D eigenvalue weighted by molar-refractivity contribution is 7.80. The highest BCUT2D eigenvalue weighted by Gasteiger charge is 2.33. The lowest BCUT2D eigenvalue weighted by molar-refractivity contribution is 0.290. The predicted molar refractivity (Wildman–Crippen MR) is 107 cm³/mol. The minimum Gasteiger partial charge on any atom is -0.497 e. The van der Waals surface area contributed by atoms with E-state index in [0.29, 0.717) is 6.04 Å². The van der Waals surface area contributed by atoms with E-state index >= 15 is 0 Å². The van der Waals surface area contributed by atoms with Crippen LogP contribution in [0, 0.1) is 5.92 Å². The molecule has 0 aromatic heterocycles. The van der Waals surface area contributed by atoms with Crippen LogP contribution in [0.25, 0.3) is 0 Å². The number of hydrogen-bond donors (Lipinski definition) is 1. The third kappa shape index (κ3) is 4.95. The van der Waals surface area contributed by atoms with Gasteiger partial charge in [-0.15, -0.1) is 0 Å². The minimum absolute atomic E-state index is 0.469. The van der Waals surface area contributed by atoms with Gasteiger partial charge < -0.3 is 15.0 Å². The summed E-state index contributed by atoms with van der Waals surface area (Å²) in [5, 5.41) is 4.27. The van der Waals surface area contributed by atoms with Gasteiger partial charge in [0.15, 0.2) is 5.11 Å². The lowest BCUT2D eigenvalue weighted by Gasteiger charge is -2.32. The summed E-state index contributed by atoms with van der Waals surface area (Å²) in [5.74, 6) is 1.64. The number of benzene rings is 2. The first kappa shape index (κ1) is 17.7. The van der Waals surface area contributed by atoms with Crippen LogP contribution in [0.3, 0.4) is 0 Å². The summed E-state index contributed by atoms with van der Waals surface area (Å²) < 4.78 is 5.21. The standard InChI is InChI=1S/C21H26N2OS/c1-16(19-10-11-19)23(15-18-6-4-3-5-7-18)21(25)22-14-17-8-12-20(24-2)13-9-17/h3-9,12-13,16,19H,10-11,14-15H2,1-2H3,(H,22,25)/t16-/m1/s1. The highest BCUT2D eigenvalue weighted by atomic mass is 32.1. The lowest BCUT2D eigenvalue weighted by atomic mass is 10.1. The first-order valence-corrected chi connectivity index (χ1v) is 9.29. The van der Waals surface area contributed by atoms with E-state index in [9.17, 15) is 0 Å². The third-order valence-electron chi connectivity index (χ3n) is 4.86. The van der Waals surface area contributed by atoms with Crippen molar-refractivity contribution >= 4 is 17.3 Å². The molecule has 0 radical (unpaired) electrons. The molecule has 0 heterocycles. The van der Waals surface area contributed by atoms with Gasteiger partial charge in [-0.05, 0) is 61.2 Å². The number of methoxy groups -OCH3 is 1. The molecule has 2 aromatic carbocycles. The Labute approximate surface area is 156 Å². The van der Waals surface area contributed by atoms with E-state index in [1.165, 1.54) is 24.0 Å². The van der Waals surface area contributed by atoms with Crippen LogP contribution in [-0.4, -0.2) is 23.2 Å². The molecular formula is C21H26N2OS. The zero-order valence-corrected chi connectivity index (χ0v) is 15.8. The maximum Gasteiger partial charge on any atom is 0.169 e. The summed E-state index contributed by atoms with van der Waals surface area (Å²) >= 11 is 5.74. The molecule has 3 nitrogen and oxygen atoms in total. The molecule has 1 N–H and O–H groups in total. The van der Waals surface area contributed by atoms with Gasteiger partial charge >= 0.3 is 0 Å². The Balaban J connectivity index is 1.63. The number of rotatable bonds is 7. The van der Waals surface area contributed by atoms with Crippen LogP contribution in [-0.2, 0) is 13.1 Å². The van der Waals surface area contributed by atoms with E-state index in [1.54, 1.807) is 7.11 Å². The molecule has 1 fully saturated rings. The molecule has 4 heteroatoms. The molecule has 0 spiro atoms. The van der Waals surface area contributed by atoms with E-state index < -0.39 is 0 Å². The molecule has 0 saturated heterocycles. The van der Waals surface area contributed by atoms with Crippen molar-refractivity contribution in [2.75, 3.05) is 7.11 Å². The molecular weight excluding hydrogens is 328 g/mol. The molecule has 25 heavy (non-hydrogen) atoms. The predicted octanol–water partition coefficient (Wildman–Crippen LogP) is 4.37. The molecule has 0 aliphatic heterocycles. The second-order valence-electron chi connectivity index (χ2n) is 6.70. The van der Waals surface area contributed by atoms with Crippen molar-refractivity contribution < 1.29 is 4.74 Å². The van der Waals surface area contributed by atoms with Gasteiger partial charge in [-0.2, -0.15) is 0 Å². The first-order chi connectivity index (χ1) is 12.2. The lowest BCUT2D eigenvalue weighted by Crippen LogP contribution is -2.45. The highest BCUT2D eigenvalue weighted by Crippen LogP contribution is 2.35. The normalized spacial score (nSPS) is 14.6. The van der Waals surface area contributed by atoms with Crippen LogP contribution in [0.5, 0.6) is 5.75 Å². The third-order valence-corrected chi connectivity index (χ3v) is 5.23. The van der Waals surface area contributed by atoms with Gasteiger partial charge in [0.25, 0.3) is 0 Å². The Kier molecular flexibility index (Phi) is 5.92. The largest absolute Gasteiger partial charge is 0.497 e. The van der Waals surface area contributed by atoms with Crippen molar-refractivity contribution in [3.63, 3.8) is 0 Å². The van der Waals surface area contributed by atoms with Crippen molar-refractivity contribution in [3.05, 3.63) is 65.7 Å². The fourth-order valence-corrected chi connectivity index (χ4v) is 3.34. The summed E-state index contributed by atoms with van der Waals surface area (Å²) in [6.45, 7) is 3.88. The summed E-state index contributed by atoms with van der Waals surface area (Å²) in [7, 11) is 1.68. The maximum atomic E-state index is 5.74. The zero-order chi connectivity index (χ0) is 17.6. The minimum atomic E-state index is 0.469. The van der Waals surface area contributed by atoms with Crippen molar-refractivity contribution in [1.82, 2.24) is 10.2 Å². The van der Waals surface area contributed by atoms with Crippen LogP contribution >= 0.6 is 12.2 Å². The molecule has 3 rings (SSSR count). The zero-order valence-electron chi connectivity index (χ0n) is 14.9. The van der Waals surface area contributed by atoms with Gasteiger partial charge in [0, 0.05) is 19.1 Å². The van der Waals surface area contributed by atoms with Crippen molar-refractivity contribution in [2.24, 2.45) is 5.92 Å². The quantitative estimate of drug-likeness (QED) is 0.746. The number of nitrogens with one attached hydrogen (secondary N) is 1. The Morgan fingerprint density at radius 1 is 1.12 bits per heavy atom. The molecule has 0 bridgehead atoms. The SMILES string of the molecule is COc1ccc(CNC(=S)N(Cc2ccccc2)[C@H](C)C2CC2)cc1. The monoisotopic (exact) mass is 354 g/mol. The van der Waals surface area contributed by atoms with Gasteiger partial charge in [-0.3, -0.25) is 0 Å². The van der Waals surface area contributed by atoms with Crippen LogP contribution in [0.4, 0.5) is 0 Å². The second kappa shape index (κ2) is 8.34. The summed E-state index contributed by atoms with van der Waals surface area (Å²) in [6.07, 6.45) is 2.63. The summed E-state index contributed by atoms with van der Waals surface area (Å²) in [5.41, 5.74) is 2.49. The molecule has 132 valence electrons. The van der Waals surface area contributed by atoms with Crippen molar-refractivity contribution in [1.29, 1.82) is 0 Å². The summed E-state index contributed by atoms with van der Waals surface area (Å²) in [4.78, 5) is 2.34. The first-order valence-electron chi connectivity index (χ1n) is 8.88. The van der Waals surface area contributed by atoms with Gasteiger partial charge in [0.05, 0.1) is 7.11 Å². The fraction of sp³-hybridized carbons (Fsp3) is 0.381. The van der Waals surface area contributed by atoms with Crippen LogP contribution in [0.1, 0.15) is 30.9 Å². The average molecular weight is 355 g/mol. The van der Waals surface area contributed by atoms with Crippen molar-refractivity contribution in [3.8, 4) is 5.75 Å². The van der Waals surface area contributed by atoms with Crippen LogP contribution in [0.2, 0.25) is 0 Å². The molecule has 1 aliphatic rings. The number of nitrogens with zero attached hydrogens (tertiary/aromatic N) is 1. The van der Waals surface area contributed by atoms with Gasteiger partial charge in [-0.25, -0.2) is 0 Å². The van der Waals surface area contributed by atoms with Crippen LogP contribution < -0.4 is 10.1 Å². The van der Waals surface area contributed by atoms with Crippen molar-refractivity contribution in [2.45, 2.75) is 38.9 Å². The van der Waals surface area contributed by atoms with E-state index in [1.807, 2.05) is 12.1 Å². The molecule has 1 atom stereocenters. The van der Waals surface area contributed by atoms with E-state index in [2.05, 4.69) is 59.6 Å². The maximum absolute atomic E-state index is 5.74. The topological polar surface area (TPSA) is 24.5 Å². The van der Waals surface area contributed by atoms with Gasteiger partial charge in [0.2, 0.25) is 0 Å². The average Bonchev–Trinajstić information content (AvgIpc) is 3.50. The van der Waals surface area contributed by atoms with Gasteiger partial charge in [0.1, 0.15) is 5.75 Å². The Morgan fingerprint density at radius 3 is 2.40 bits per heavy atom. The number of hydrogen-bond acceptors (Lipinski definition) is 2. The molecule has 0 unspecified atom stereocenters. The van der Waals surface area contributed by atoms with E-state index in [0.717, 1.165) is 29.9 Å². The van der Waals surface area contributed by atoms with Gasteiger partial charge in [-0.1, -0.05) is 42.5 Å². The fourth-order valence-electron chi connectivity index (χ4n) is 3.04. The Morgan fingerprint density at radius 2 is 1.80 bits per heavy atom. The molecule has 2 aromatic rings. The number of thiocarbonyl (C=S) groups is 1. The van der Waals surface area contributed by atoms with Crippen LogP contribution in [0.15, 0.2) is 54.6 Å². The smallest absolute Gasteiger partial charge is 0.169 e. The molecule has 1 aliphatic carbocycles. The molecule has 0 amide bonds. The van der Waals surface area contributed by atoms with E-state index in [-0.39, 0.29) is 0 Å². The molecule has 1 saturated carbocycles. The second-order valence-corrected chi connectivity index (χ2v) is 7.09.